The number of benzene rings is 1. The standard InChI is InChI=1S/C18H32N2/c1-7-16-8-10-17(11-9-16)18(19-5)15(4)20(6)13-12-14(2)3/h8-11,14-15,18-19H,7,12-13H2,1-6H3. The summed E-state index contributed by atoms with van der Waals surface area (Å²) in [7, 11) is 4.29. The van der Waals surface area contributed by atoms with Crippen LogP contribution in [0.25, 0.3) is 0 Å². The van der Waals surface area contributed by atoms with Gasteiger partial charge in [-0.15, -0.1) is 0 Å². The number of rotatable bonds is 8. The van der Waals surface area contributed by atoms with Gasteiger partial charge in [-0.25, -0.2) is 0 Å². The Hall–Kier alpha value is -0.860. The van der Waals surface area contributed by atoms with Crippen molar-refractivity contribution >= 4 is 0 Å². The third-order valence-corrected chi connectivity index (χ3v) is 4.29. The minimum absolute atomic E-state index is 0.387. The summed E-state index contributed by atoms with van der Waals surface area (Å²) in [4.78, 5) is 2.47. The van der Waals surface area contributed by atoms with E-state index in [1.165, 1.54) is 17.5 Å². The molecule has 2 heteroatoms. The quantitative estimate of drug-likeness (QED) is 0.775. The van der Waals surface area contributed by atoms with Crippen LogP contribution in [0.3, 0.4) is 0 Å². The summed E-state index contributed by atoms with van der Waals surface area (Å²) >= 11 is 0. The van der Waals surface area contributed by atoms with Crippen molar-refractivity contribution in [1.82, 2.24) is 10.2 Å². The maximum Gasteiger partial charge on any atom is 0.0472 e. The fourth-order valence-electron chi connectivity index (χ4n) is 2.57. The van der Waals surface area contributed by atoms with Crippen molar-refractivity contribution in [3.63, 3.8) is 0 Å². The molecular formula is C18H32N2. The molecule has 0 saturated carbocycles. The second-order valence-corrected chi connectivity index (χ2v) is 6.27. The maximum absolute atomic E-state index is 3.48. The van der Waals surface area contributed by atoms with Crippen molar-refractivity contribution in [3.05, 3.63) is 35.4 Å². The third kappa shape index (κ3) is 4.92. The monoisotopic (exact) mass is 276 g/mol. The lowest BCUT2D eigenvalue weighted by Gasteiger charge is -2.32. The minimum Gasteiger partial charge on any atom is -0.312 e. The molecular weight excluding hydrogens is 244 g/mol. The highest BCUT2D eigenvalue weighted by molar-refractivity contribution is 5.26. The molecule has 114 valence electrons. The topological polar surface area (TPSA) is 15.3 Å². The van der Waals surface area contributed by atoms with Gasteiger partial charge in [0.15, 0.2) is 0 Å². The predicted molar refractivity (Wildman–Crippen MR) is 89.2 cm³/mol. The molecule has 0 aliphatic carbocycles. The van der Waals surface area contributed by atoms with Crippen LogP contribution in [0.1, 0.15) is 51.3 Å². The Labute approximate surface area is 125 Å². The number of nitrogens with zero attached hydrogens (tertiary/aromatic N) is 1. The summed E-state index contributed by atoms with van der Waals surface area (Å²) in [5.74, 6) is 0.765. The highest BCUT2D eigenvalue weighted by Gasteiger charge is 2.21. The zero-order chi connectivity index (χ0) is 15.1. The average Bonchev–Trinajstić information content (AvgIpc) is 2.46. The van der Waals surface area contributed by atoms with E-state index in [-0.39, 0.29) is 0 Å². The van der Waals surface area contributed by atoms with Crippen molar-refractivity contribution in [2.75, 3.05) is 20.6 Å². The van der Waals surface area contributed by atoms with Crippen LogP contribution in [0.15, 0.2) is 24.3 Å². The second-order valence-electron chi connectivity index (χ2n) is 6.27. The molecule has 2 atom stereocenters. The molecule has 2 nitrogen and oxygen atoms in total. The number of hydrogen-bond donors (Lipinski definition) is 1. The van der Waals surface area contributed by atoms with Gasteiger partial charge in [-0.2, -0.15) is 0 Å². The molecule has 0 saturated heterocycles. The van der Waals surface area contributed by atoms with Crippen LogP contribution in [-0.2, 0) is 6.42 Å². The van der Waals surface area contributed by atoms with E-state index in [0.29, 0.717) is 12.1 Å². The summed E-state index contributed by atoms with van der Waals surface area (Å²) in [6.45, 7) is 10.3. The fourth-order valence-corrected chi connectivity index (χ4v) is 2.57. The van der Waals surface area contributed by atoms with Gasteiger partial charge in [-0.3, -0.25) is 0 Å². The van der Waals surface area contributed by atoms with Crippen LogP contribution < -0.4 is 5.32 Å². The van der Waals surface area contributed by atoms with Crippen molar-refractivity contribution in [2.24, 2.45) is 5.92 Å². The summed E-state index contributed by atoms with van der Waals surface area (Å²) in [5.41, 5.74) is 2.79. The van der Waals surface area contributed by atoms with E-state index < -0.39 is 0 Å². The molecule has 1 N–H and O–H groups in total. The smallest absolute Gasteiger partial charge is 0.0472 e. The maximum atomic E-state index is 3.48. The van der Waals surface area contributed by atoms with Crippen molar-refractivity contribution in [3.8, 4) is 0 Å². The van der Waals surface area contributed by atoms with Crippen molar-refractivity contribution in [2.45, 2.75) is 52.6 Å². The first-order chi connectivity index (χ1) is 9.49. The molecule has 0 bridgehead atoms. The van der Waals surface area contributed by atoms with Gasteiger partial charge in [0.2, 0.25) is 0 Å². The zero-order valence-electron chi connectivity index (χ0n) is 14.1. The van der Waals surface area contributed by atoms with Crippen LogP contribution in [0.2, 0.25) is 0 Å². The third-order valence-electron chi connectivity index (χ3n) is 4.29. The molecule has 0 spiro atoms. The van der Waals surface area contributed by atoms with Gasteiger partial charge in [0.25, 0.3) is 0 Å². The molecule has 1 aromatic carbocycles. The largest absolute Gasteiger partial charge is 0.312 e. The van der Waals surface area contributed by atoms with Gasteiger partial charge in [0, 0.05) is 12.1 Å². The summed E-state index contributed by atoms with van der Waals surface area (Å²) < 4.78 is 0. The molecule has 1 rings (SSSR count). The molecule has 0 heterocycles. The van der Waals surface area contributed by atoms with Crippen LogP contribution in [0.5, 0.6) is 0 Å². The molecule has 0 amide bonds. The van der Waals surface area contributed by atoms with Crippen LogP contribution in [0.4, 0.5) is 0 Å². The SMILES string of the molecule is CCc1ccc(C(NC)C(C)N(C)CCC(C)C)cc1. The van der Waals surface area contributed by atoms with E-state index in [4.69, 9.17) is 0 Å². The van der Waals surface area contributed by atoms with E-state index >= 15 is 0 Å². The highest BCUT2D eigenvalue weighted by atomic mass is 15.2. The first-order valence-corrected chi connectivity index (χ1v) is 7.95. The minimum atomic E-state index is 0.387. The molecule has 0 fully saturated rings. The van der Waals surface area contributed by atoms with Crippen molar-refractivity contribution < 1.29 is 0 Å². The van der Waals surface area contributed by atoms with E-state index in [0.717, 1.165) is 18.9 Å². The Kier molecular flexibility index (Phi) is 7.25. The lowest BCUT2D eigenvalue weighted by atomic mass is 9.97. The van der Waals surface area contributed by atoms with E-state index in [1.807, 2.05) is 0 Å². The molecule has 0 aliphatic heterocycles. The van der Waals surface area contributed by atoms with Crippen LogP contribution >= 0.6 is 0 Å². The number of likely N-dealkylation sites (N-methyl/N-ethyl adjacent to an activating group) is 2. The summed E-state index contributed by atoms with van der Waals surface area (Å²) in [6, 6.07) is 9.92. The second kappa shape index (κ2) is 8.43. The first kappa shape index (κ1) is 17.2. The average molecular weight is 276 g/mol. The fraction of sp³-hybridized carbons (Fsp3) is 0.667. The van der Waals surface area contributed by atoms with E-state index in [9.17, 15) is 0 Å². The van der Waals surface area contributed by atoms with Crippen LogP contribution in [-0.4, -0.2) is 31.6 Å². The predicted octanol–water partition coefficient (Wildman–Crippen LogP) is 3.88. The number of nitrogens with one attached hydrogen (secondary N) is 1. The molecule has 2 unspecified atom stereocenters. The normalized spacial score (nSPS) is 14.8. The lowest BCUT2D eigenvalue weighted by Crippen LogP contribution is -2.40. The molecule has 20 heavy (non-hydrogen) atoms. The highest BCUT2D eigenvalue weighted by Crippen LogP contribution is 2.21. The van der Waals surface area contributed by atoms with Crippen molar-refractivity contribution in [1.29, 1.82) is 0 Å². The van der Waals surface area contributed by atoms with Gasteiger partial charge in [0.1, 0.15) is 0 Å². The van der Waals surface area contributed by atoms with Gasteiger partial charge in [-0.05, 0) is 57.5 Å². The molecule has 1 aromatic rings. The number of aryl methyl sites for hydroxylation is 1. The molecule has 0 aliphatic rings. The van der Waals surface area contributed by atoms with Gasteiger partial charge >= 0.3 is 0 Å². The zero-order valence-corrected chi connectivity index (χ0v) is 14.1. The Balaban J connectivity index is 2.72. The summed E-state index contributed by atoms with van der Waals surface area (Å²) in [5, 5.41) is 3.48. The first-order valence-electron chi connectivity index (χ1n) is 7.95. The lowest BCUT2D eigenvalue weighted by molar-refractivity contribution is 0.202. The van der Waals surface area contributed by atoms with Gasteiger partial charge in [0.05, 0.1) is 0 Å². The molecule has 0 radical (unpaired) electrons. The molecule has 0 aromatic heterocycles. The van der Waals surface area contributed by atoms with Crippen LogP contribution in [0, 0.1) is 5.92 Å². The number of hydrogen-bond acceptors (Lipinski definition) is 2. The summed E-state index contributed by atoms with van der Waals surface area (Å²) in [6.07, 6.45) is 2.36. The van der Waals surface area contributed by atoms with Gasteiger partial charge < -0.3 is 10.2 Å². The van der Waals surface area contributed by atoms with Gasteiger partial charge in [-0.1, -0.05) is 45.0 Å². The Morgan fingerprint density at radius 2 is 1.70 bits per heavy atom. The Morgan fingerprint density at radius 1 is 1.10 bits per heavy atom. The Bertz CT molecular complexity index is 370. The van der Waals surface area contributed by atoms with E-state index in [1.54, 1.807) is 0 Å². The van der Waals surface area contributed by atoms with E-state index in [2.05, 4.69) is 76.3 Å². The Morgan fingerprint density at radius 3 is 2.15 bits per heavy atom.